The summed E-state index contributed by atoms with van der Waals surface area (Å²) in [7, 11) is -4.94. The summed E-state index contributed by atoms with van der Waals surface area (Å²) >= 11 is 0. The van der Waals surface area contributed by atoms with Gasteiger partial charge in [-0.2, -0.15) is 0 Å². The standard InChI is InChI=1S/C11H25N3O.ClHO4.Zn/c15-11-10-14-8-2-6-12-4-1-5-13-7-3-9-14;2-1(3,4)5;/h12-13,15H,1-11H2;(H,2,3,4,5);/p-1. The number of rotatable bonds is 2. The van der Waals surface area contributed by atoms with Crippen molar-refractivity contribution in [3.8, 4) is 0 Å². The number of hydrogen-bond donors (Lipinski definition) is 3. The molecule has 0 aromatic heterocycles. The van der Waals surface area contributed by atoms with Crippen molar-refractivity contribution < 1.29 is 53.5 Å². The molecule has 0 aromatic carbocycles. The quantitative estimate of drug-likeness (QED) is 0.404. The maximum Gasteiger partial charge on any atom is 0.0558 e. The first-order chi connectivity index (χ1) is 9.43. The third-order valence-electron chi connectivity index (χ3n) is 2.78. The Kier molecular flexibility index (Phi) is 17.6. The van der Waals surface area contributed by atoms with E-state index in [4.69, 9.17) is 23.7 Å². The Bertz CT molecular complexity index is 207. The Labute approximate surface area is 141 Å². The van der Waals surface area contributed by atoms with Crippen molar-refractivity contribution in [2.75, 3.05) is 52.4 Å². The Morgan fingerprint density at radius 3 is 1.62 bits per heavy atom. The van der Waals surface area contributed by atoms with E-state index in [1.807, 2.05) is 0 Å². The molecular weight excluding hydrogens is 355 g/mol. The Morgan fingerprint density at radius 1 is 0.857 bits per heavy atom. The van der Waals surface area contributed by atoms with Crippen molar-refractivity contribution in [3.63, 3.8) is 0 Å². The summed E-state index contributed by atoms with van der Waals surface area (Å²) in [4.78, 5) is 2.35. The summed E-state index contributed by atoms with van der Waals surface area (Å²) in [5.74, 6) is 0. The SMILES string of the molecule is OCCN1CCCNCCCNCCC1.[O-][Cl+3]([O-])([O-])[O-].[Zn]. The van der Waals surface area contributed by atoms with Crippen molar-refractivity contribution in [2.24, 2.45) is 0 Å². The van der Waals surface area contributed by atoms with Crippen LogP contribution in [0.1, 0.15) is 19.3 Å². The van der Waals surface area contributed by atoms with Crippen LogP contribution < -0.4 is 29.3 Å². The zero-order chi connectivity index (χ0) is 15.3. The van der Waals surface area contributed by atoms with Gasteiger partial charge in [-0.3, -0.25) is 0 Å². The zero-order valence-corrected chi connectivity index (χ0v) is 16.1. The first-order valence-corrected chi connectivity index (χ1v) is 8.03. The summed E-state index contributed by atoms with van der Waals surface area (Å²) in [6, 6.07) is 0. The second-order valence-corrected chi connectivity index (χ2v) is 5.26. The summed E-state index contributed by atoms with van der Waals surface area (Å²) in [5, 5.41) is 15.8. The molecule has 0 spiro atoms. The largest absolute Gasteiger partial charge is 0.395 e. The van der Waals surface area contributed by atoms with E-state index >= 15 is 0 Å². The van der Waals surface area contributed by atoms with Crippen molar-refractivity contribution in [1.29, 1.82) is 0 Å². The molecular formula is C11H25ClN3O5Zn-. The van der Waals surface area contributed by atoms with Gasteiger partial charge in [0, 0.05) is 26.0 Å². The Morgan fingerprint density at radius 2 is 1.24 bits per heavy atom. The third-order valence-corrected chi connectivity index (χ3v) is 2.78. The number of β-amino-alcohol motifs (C(OH)–C–C–N with tert-alkyl or cyclic N) is 1. The number of nitrogens with one attached hydrogen (secondary N) is 2. The molecule has 0 saturated carbocycles. The Balaban J connectivity index is 0. The fraction of sp³-hybridized carbons (Fsp3) is 1.00. The minimum absolute atomic E-state index is 0. The number of halogens is 1. The van der Waals surface area contributed by atoms with Gasteiger partial charge in [0.1, 0.15) is 0 Å². The van der Waals surface area contributed by atoms with Gasteiger partial charge in [0.05, 0.1) is 6.61 Å². The van der Waals surface area contributed by atoms with Crippen LogP contribution in [0.2, 0.25) is 0 Å². The fourth-order valence-electron chi connectivity index (χ4n) is 1.92. The maximum atomic E-state index is 8.93. The minimum atomic E-state index is -4.94. The van der Waals surface area contributed by atoms with Crippen LogP contribution >= 0.6 is 0 Å². The van der Waals surface area contributed by atoms with E-state index < -0.39 is 10.2 Å². The van der Waals surface area contributed by atoms with Gasteiger partial charge in [-0.25, -0.2) is 18.6 Å². The molecule has 3 N–H and O–H groups in total. The number of hydrogen-bond acceptors (Lipinski definition) is 8. The molecule has 21 heavy (non-hydrogen) atoms. The molecule has 1 aliphatic heterocycles. The molecule has 0 atom stereocenters. The van der Waals surface area contributed by atoms with Crippen LogP contribution in [0.15, 0.2) is 0 Å². The molecule has 0 aliphatic carbocycles. The molecule has 8 nitrogen and oxygen atoms in total. The van der Waals surface area contributed by atoms with Gasteiger partial charge in [0.15, 0.2) is 0 Å². The summed E-state index contributed by atoms with van der Waals surface area (Å²) in [5.41, 5.74) is 0. The summed E-state index contributed by atoms with van der Waals surface area (Å²) in [6.45, 7) is 7.74. The van der Waals surface area contributed by atoms with Crippen LogP contribution in [0, 0.1) is 10.2 Å². The van der Waals surface area contributed by atoms with Gasteiger partial charge in [-0.1, -0.05) is 0 Å². The molecule has 0 amide bonds. The van der Waals surface area contributed by atoms with E-state index in [0.29, 0.717) is 0 Å². The normalized spacial score (nSPS) is 19.3. The second kappa shape index (κ2) is 15.5. The summed E-state index contributed by atoms with van der Waals surface area (Å²) < 4.78 is 34.0. The van der Waals surface area contributed by atoms with Crippen molar-refractivity contribution in [1.82, 2.24) is 15.5 Å². The Hall–Kier alpha value is 0.593. The fourth-order valence-corrected chi connectivity index (χ4v) is 1.92. The molecule has 1 fully saturated rings. The molecule has 1 aliphatic rings. The molecule has 0 aromatic rings. The van der Waals surface area contributed by atoms with Gasteiger partial charge in [0.25, 0.3) is 0 Å². The van der Waals surface area contributed by atoms with Gasteiger partial charge in [0.2, 0.25) is 0 Å². The predicted molar refractivity (Wildman–Crippen MR) is 63.1 cm³/mol. The molecule has 10 heteroatoms. The van der Waals surface area contributed by atoms with E-state index in [0.717, 1.165) is 45.8 Å². The predicted octanol–water partition coefficient (Wildman–Crippen LogP) is -5.11. The number of nitrogens with zero attached hydrogens (tertiary/aromatic N) is 1. The maximum absolute atomic E-state index is 8.93. The van der Waals surface area contributed by atoms with Gasteiger partial charge >= 0.3 is 0 Å². The van der Waals surface area contributed by atoms with Crippen LogP contribution in [0.5, 0.6) is 0 Å². The van der Waals surface area contributed by atoms with Crippen LogP contribution in [-0.4, -0.2) is 62.4 Å². The van der Waals surface area contributed by atoms with Gasteiger partial charge in [-0.05, 0) is 58.5 Å². The monoisotopic (exact) mass is 378 g/mol. The molecule has 0 radical (unpaired) electrons. The van der Waals surface area contributed by atoms with Gasteiger partial charge < -0.3 is 20.6 Å². The zero-order valence-electron chi connectivity index (χ0n) is 12.4. The van der Waals surface area contributed by atoms with E-state index in [2.05, 4.69) is 15.5 Å². The van der Waals surface area contributed by atoms with Crippen LogP contribution in [0.4, 0.5) is 0 Å². The molecule has 124 valence electrons. The van der Waals surface area contributed by atoms with E-state index in [1.165, 1.54) is 19.3 Å². The first kappa shape index (κ1) is 23.9. The number of aliphatic hydroxyl groups excluding tert-OH is 1. The topological polar surface area (TPSA) is 140 Å². The van der Waals surface area contributed by atoms with Crippen molar-refractivity contribution in [2.45, 2.75) is 19.3 Å². The van der Waals surface area contributed by atoms with Crippen molar-refractivity contribution in [3.05, 3.63) is 0 Å². The molecule has 1 rings (SSSR count). The molecule has 1 saturated heterocycles. The average molecular weight is 380 g/mol. The van der Waals surface area contributed by atoms with Crippen molar-refractivity contribution >= 4 is 0 Å². The van der Waals surface area contributed by atoms with Gasteiger partial charge in [-0.15, -0.1) is 10.2 Å². The number of aliphatic hydroxyl groups is 1. The average Bonchev–Trinajstić information content (AvgIpc) is 2.31. The molecule has 0 unspecified atom stereocenters. The minimum Gasteiger partial charge on any atom is -0.395 e. The van der Waals surface area contributed by atoms with E-state index in [1.54, 1.807) is 0 Å². The second-order valence-electron chi connectivity index (χ2n) is 4.50. The summed E-state index contributed by atoms with van der Waals surface area (Å²) in [6.07, 6.45) is 3.60. The van der Waals surface area contributed by atoms with Crippen LogP contribution in [0.25, 0.3) is 0 Å². The first-order valence-electron chi connectivity index (χ1n) is 6.80. The van der Waals surface area contributed by atoms with E-state index in [9.17, 15) is 0 Å². The van der Waals surface area contributed by atoms with E-state index in [-0.39, 0.29) is 26.1 Å². The smallest absolute Gasteiger partial charge is 0.0558 e. The van der Waals surface area contributed by atoms with Crippen LogP contribution in [0.3, 0.4) is 0 Å². The molecule has 1 heterocycles. The molecule has 0 bridgehead atoms. The van der Waals surface area contributed by atoms with Crippen LogP contribution in [-0.2, 0) is 19.5 Å². The third kappa shape index (κ3) is 23.0.